The quantitative estimate of drug-likeness (QED) is 0.867. The third-order valence-electron chi connectivity index (χ3n) is 3.13. The maximum absolute atomic E-state index is 13.2. The van der Waals surface area contributed by atoms with E-state index >= 15 is 0 Å². The Bertz CT molecular complexity index is 623. The second-order valence-electron chi connectivity index (χ2n) is 4.60. The van der Waals surface area contributed by atoms with E-state index in [9.17, 15) is 22.8 Å². The minimum absolute atomic E-state index is 0.0339. The summed E-state index contributed by atoms with van der Waals surface area (Å²) >= 11 is 0. The summed E-state index contributed by atoms with van der Waals surface area (Å²) in [4.78, 5) is 22.7. The van der Waals surface area contributed by atoms with Crippen LogP contribution in [-0.4, -0.2) is 22.7 Å². The number of hydrazone groups is 1. The van der Waals surface area contributed by atoms with E-state index in [1.807, 2.05) is 0 Å². The Hall–Kier alpha value is -2.38. The molecule has 1 aliphatic rings. The summed E-state index contributed by atoms with van der Waals surface area (Å²) in [6.45, 7) is 1.51. The number of carboxylic acid groups (broad SMARTS) is 1. The minimum Gasteiger partial charge on any atom is -0.481 e. The molecule has 21 heavy (non-hydrogen) atoms. The lowest BCUT2D eigenvalue weighted by Gasteiger charge is -2.14. The lowest BCUT2D eigenvalue weighted by atomic mass is 9.98. The van der Waals surface area contributed by atoms with E-state index in [0.717, 1.165) is 5.01 Å². The molecule has 1 heterocycles. The number of carboxylic acids is 1. The van der Waals surface area contributed by atoms with Gasteiger partial charge in [-0.25, -0.2) is 18.2 Å². The van der Waals surface area contributed by atoms with Gasteiger partial charge < -0.3 is 5.11 Å². The lowest BCUT2D eigenvalue weighted by molar-refractivity contribution is -0.137. The third-order valence-corrected chi connectivity index (χ3v) is 3.13. The first-order valence-corrected chi connectivity index (χ1v) is 6.06. The lowest BCUT2D eigenvalue weighted by Crippen LogP contribution is -2.27. The largest absolute Gasteiger partial charge is 0.481 e. The number of carbonyl (C=O) groups excluding carboxylic acids is 1. The Morgan fingerprint density at radius 2 is 1.90 bits per heavy atom. The van der Waals surface area contributed by atoms with Crippen LogP contribution in [0.2, 0.25) is 0 Å². The molecule has 1 aromatic rings. The van der Waals surface area contributed by atoms with E-state index in [0.29, 0.717) is 17.8 Å². The van der Waals surface area contributed by atoms with Crippen molar-refractivity contribution in [1.82, 2.24) is 0 Å². The van der Waals surface area contributed by atoms with Crippen molar-refractivity contribution in [3.8, 4) is 0 Å². The highest BCUT2D eigenvalue weighted by atomic mass is 19.2. The van der Waals surface area contributed by atoms with Gasteiger partial charge in [0.15, 0.2) is 17.5 Å². The molecule has 0 saturated heterocycles. The maximum atomic E-state index is 13.2. The van der Waals surface area contributed by atoms with Crippen LogP contribution < -0.4 is 5.01 Å². The molecule has 1 amide bonds. The predicted molar refractivity (Wildman–Crippen MR) is 67.3 cm³/mol. The van der Waals surface area contributed by atoms with Gasteiger partial charge in [0, 0.05) is 24.3 Å². The number of aliphatic carboxylic acids is 1. The second kappa shape index (κ2) is 5.55. The number of hydrogen-bond donors (Lipinski definition) is 1. The average Bonchev–Trinajstić information content (AvgIpc) is 2.68. The molecular formula is C13H11F3N2O3. The Labute approximate surface area is 117 Å². The van der Waals surface area contributed by atoms with Gasteiger partial charge in [-0.1, -0.05) is 0 Å². The van der Waals surface area contributed by atoms with Crippen molar-refractivity contribution in [2.45, 2.75) is 19.8 Å². The molecule has 112 valence electrons. The number of benzene rings is 1. The highest BCUT2D eigenvalue weighted by Gasteiger charge is 2.35. The molecular weight excluding hydrogens is 289 g/mol. The molecule has 0 saturated carbocycles. The topological polar surface area (TPSA) is 70.0 Å². The van der Waals surface area contributed by atoms with Crippen molar-refractivity contribution in [3.63, 3.8) is 0 Å². The first-order chi connectivity index (χ1) is 9.81. The fraction of sp³-hybridized carbons (Fsp3) is 0.308. The fourth-order valence-electron chi connectivity index (χ4n) is 2.05. The molecule has 1 unspecified atom stereocenters. The van der Waals surface area contributed by atoms with Crippen LogP contribution >= 0.6 is 0 Å². The number of rotatable bonds is 4. The van der Waals surface area contributed by atoms with E-state index < -0.39 is 35.2 Å². The summed E-state index contributed by atoms with van der Waals surface area (Å²) in [7, 11) is 0. The zero-order valence-corrected chi connectivity index (χ0v) is 10.9. The Morgan fingerprint density at radius 1 is 1.33 bits per heavy atom. The molecule has 0 radical (unpaired) electrons. The molecule has 1 atom stereocenters. The van der Waals surface area contributed by atoms with Gasteiger partial charge in [-0.15, -0.1) is 0 Å². The van der Waals surface area contributed by atoms with Crippen LogP contribution in [0.5, 0.6) is 0 Å². The van der Waals surface area contributed by atoms with Crippen LogP contribution in [0.25, 0.3) is 0 Å². The molecule has 2 rings (SSSR count). The molecule has 5 nitrogen and oxygen atoms in total. The molecule has 0 bridgehead atoms. The van der Waals surface area contributed by atoms with E-state index in [1.165, 1.54) is 6.92 Å². The van der Waals surface area contributed by atoms with E-state index in [4.69, 9.17) is 5.11 Å². The second-order valence-corrected chi connectivity index (χ2v) is 4.60. The molecule has 1 aromatic carbocycles. The zero-order chi connectivity index (χ0) is 15.7. The van der Waals surface area contributed by atoms with Crippen molar-refractivity contribution in [1.29, 1.82) is 0 Å². The zero-order valence-electron chi connectivity index (χ0n) is 10.9. The van der Waals surface area contributed by atoms with Crippen LogP contribution in [0.1, 0.15) is 19.8 Å². The Morgan fingerprint density at radius 3 is 2.43 bits per heavy atom. The highest BCUT2D eigenvalue weighted by molar-refractivity contribution is 6.14. The van der Waals surface area contributed by atoms with Gasteiger partial charge >= 0.3 is 5.97 Å². The van der Waals surface area contributed by atoms with Crippen LogP contribution in [0.3, 0.4) is 0 Å². The summed E-state index contributed by atoms with van der Waals surface area (Å²) in [5.41, 5.74) is 0.0972. The van der Waals surface area contributed by atoms with Gasteiger partial charge in [-0.3, -0.25) is 9.59 Å². The molecule has 0 spiro atoms. The normalized spacial score (nSPS) is 18.1. The summed E-state index contributed by atoms with van der Waals surface area (Å²) in [5.74, 6) is -6.92. The van der Waals surface area contributed by atoms with Crippen LogP contribution in [0, 0.1) is 23.4 Å². The number of halogens is 3. The minimum atomic E-state index is -1.63. The van der Waals surface area contributed by atoms with Crippen molar-refractivity contribution in [3.05, 3.63) is 29.6 Å². The van der Waals surface area contributed by atoms with E-state index in [-0.39, 0.29) is 18.5 Å². The number of anilines is 1. The standard InChI is InChI=1S/C13H11F3N2O3/c1-6-8(2-3-11(19)20)13(21)18(17-6)7-4-9(14)12(16)10(15)5-7/h4-5,8H,2-3H2,1H3,(H,19,20). The number of amides is 1. The van der Waals surface area contributed by atoms with Crippen LogP contribution in [0.15, 0.2) is 17.2 Å². The molecule has 1 N–H and O–H groups in total. The van der Waals surface area contributed by atoms with Gasteiger partial charge in [-0.05, 0) is 13.3 Å². The maximum Gasteiger partial charge on any atom is 0.303 e. The Kier molecular flexibility index (Phi) is 3.97. The monoisotopic (exact) mass is 300 g/mol. The number of nitrogens with zero attached hydrogens (tertiary/aromatic N) is 2. The van der Waals surface area contributed by atoms with Crippen molar-refractivity contribution < 1.29 is 27.9 Å². The third kappa shape index (κ3) is 2.88. The van der Waals surface area contributed by atoms with Gasteiger partial charge in [0.05, 0.1) is 11.6 Å². The summed E-state index contributed by atoms with van der Waals surface area (Å²) in [6, 6.07) is 1.32. The molecule has 0 aliphatic carbocycles. The molecule has 1 aliphatic heterocycles. The summed E-state index contributed by atoms with van der Waals surface area (Å²) < 4.78 is 39.3. The first-order valence-electron chi connectivity index (χ1n) is 6.06. The van der Waals surface area contributed by atoms with Gasteiger partial charge in [-0.2, -0.15) is 5.10 Å². The average molecular weight is 300 g/mol. The molecule has 0 fully saturated rings. The fourth-order valence-corrected chi connectivity index (χ4v) is 2.05. The molecule has 8 heteroatoms. The van der Waals surface area contributed by atoms with E-state index in [2.05, 4.69) is 5.10 Å². The van der Waals surface area contributed by atoms with Crippen molar-refractivity contribution >= 4 is 23.3 Å². The summed E-state index contributed by atoms with van der Waals surface area (Å²) in [5, 5.41) is 13.2. The van der Waals surface area contributed by atoms with Crippen molar-refractivity contribution in [2.75, 3.05) is 5.01 Å². The van der Waals surface area contributed by atoms with E-state index in [1.54, 1.807) is 0 Å². The predicted octanol–water partition coefficient (Wildman–Crippen LogP) is 2.31. The van der Waals surface area contributed by atoms with Crippen LogP contribution in [-0.2, 0) is 9.59 Å². The van der Waals surface area contributed by atoms with Crippen LogP contribution in [0.4, 0.5) is 18.9 Å². The first kappa shape index (κ1) is 15.0. The number of hydrogen-bond acceptors (Lipinski definition) is 3. The van der Waals surface area contributed by atoms with Gasteiger partial charge in [0.25, 0.3) is 5.91 Å². The van der Waals surface area contributed by atoms with Gasteiger partial charge in [0.2, 0.25) is 0 Å². The Balaban J connectivity index is 2.27. The highest BCUT2D eigenvalue weighted by Crippen LogP contribution is 2.28. The van der Waals surface area contributed by atoms with Gasteiger partial charge in [0.1, 0.15) is 0 Å². The summed E-state index contributed by atoms with van der Waals surface area (Å²) in [6.07, 6.45) is -0.199. The SMILES string of the molecule is CC1=NN(c2cc(F)c(F)c(F)c2)C(=O)C1CCC(=O)O. The molecule has 0 aromatic heterocycles. The number of carbonyl (C=O) groups is 2. The van der Waals surface area contributed by atoms with Crippen molar-refractivity contribution in [2.24, 2.45) is 11.0 Å². The smallest absolute Gasteiger partial charge is 0.303 e.